The van der Waals surface area contributed by atoms with E-state index in [0.717, 1.165) is 17.8 Å². The highest BCUT2D eigenvalue weighted by atomic mass is 79.9. The molecule has 0 aliphatic heterocycles. The second-order valence-corrected chi connectivity index (χ2v) is 6.56. The number of aryl methyl sites for hydroxylation is 1. The maximum Gasteiger partial charge on any atom is 0.137 e. The van der Waals surface area contributed by atoms with Crippen LogP contribution in [0.25, 0.3) is 0 Å². The normalized spacial score (nSPS) is 14.7. The SMILES string of the molecule is Cc1nn(Cc2ccc(F)c(Br)c2)c(C)c1CNC1CC1. The number of hydrogen-bond donors (Lipinski definition) is 1. The van der Waals surface area contributed by atoms with E-state index in [1.54, 1.807) is 6.07 Å². The van der Waals surface area contributed by atoms with Gasteiger partial charge in [0.15, 0.2) is 0 Å². The summed E-state index contributed by atoms with van der Waals surface area (Å²) in [6.45, 7) is 5.70. The van der Waals surface area contributed by atoms with Crippen LogP contribution in [0.3, 0.4) is 0 Å². The van der Waals surface area contributed by atoms with E-state index in [2.05, 4.69) is 33.3 Å². The summed E-state index contributed by atoms with van der Waals surface area (Å²) in [6.07, 6.45) is 2.58. The van der Waals surface area contributed by atoms with E-state index in [9.17, 15) is 4.39 Å². The third-order valence-electron chi connectivity index (χ3n) is 3.99. The maximum absolute atomic E-state index is 13.3. The highest BCUT2D eigenvalue weighted by molar-refractivity contribution is 9.10. The van der Waals surface area contributed by atoms with Crippen molar-refractivity contribution in [2.24, 2.45) is 0 Å². The number of hydrogen-bond acceptors (Lipinski definition) is 2. The van der Waals surface area contributed by atoms with E-state index in [4.69, 9.17) is 0 Å². The van der Waals surface area contributed by atoms with Crippen molar-refractivity contribution in [2.75, 3.05) is 0 Å². The van der Waals surface area contributed by atoms with Crippen molar-refractivity contribution < 1.29 is 4.39 Å². The fourth-order valence-corrected chi connectivity index (χ4v) is 2.91. The quantitative estimate of drug-likeness (QED) is 0.889. The molecule has 5 heteroatoms. The second-order valence-electron chi connectivity index (χ2n) is 5.71. The Morgan fingerprint density at radius 2 is 2.14 bits per heavy atom. The minimum absolute atomic E-state index is 0.235. The average Bonchev–Trinajstić information content (AvgIpc) is 3.22. The Hall–Kier alpha value is -1.20. The zero-order valence-electron chi connectivity index (χ0n) is 12.3. The molecule has 0 atom stereocenters. The Morgan fingerprint density at radius 3 is 2.81 bits per heavy atom. The van der Waals surface area contributed by atoms with Crippen LogP contribution >= 0.6 is 15.9 Å². The molecule has 1 aliphatic carbocycles. The zero-order valence-corrected chi connectivity index (χ0v) is 13.9. The molecule has 0 bridgehead atoms. The van der Waals surface area contributed by atoms with Gasteiger partial charge in [0.2, 0.25) is 0 Å². The Kier molecular flexibility index (Phi) is 4.13. The summed E-state index contributed by atoms with van der Waals surface area (Å²) in [5, 5.41) is 8.16. The number of aromatic nitrogens is 2. The lowest BCUT2D eigenvalue weighted by molar-refractivity contribution is 0.615. The van der Waals surface area contributed by atoms with Crippen molar-refractivity contribution in [2.45, 2.75) is 45.8 Å². The summed E-state index contributed by atoms with van der Waals surface area (Å²) < 4.78 is 15.8. The summed E-state index contributed by atoms with van der Waals surface area (Å²) in [5.74, 6) is -0.235. The van der Waals surface area contributed by atoms with Gasteiger partial charge < -0.3 is 5.32 Å². The molecule has 1 aromatic carbocycles. The first-order valence-electron chi connectivity index (χ1n) is 7.25. The van der Waals surface area contributed by atoms with Gasteiger partial charge in [-0.25, -0.2) is 4.39 Å². The molecule has 0 unspecified atom stereocenters. The van der Waals surface area contributed by atoms with Gasteiger partial charge in [-0.05, 0) is 60.3 Å². The second kappa shape index (κ2) is 5.89. The molecule has 1 aliphatic rings. The van der Waals surface area contributed by atoms with E-state index < -0.39 is 0 Å². The van der Waals surface area contributed by atoms with Crippen molar-refractivity contribution in [3.8, 4) is 0 Å². The fraction of sp³-hybridized carbons (Fsp3) is 0.438. The minimum Gasteiger partial charge on any atom is -0.310 e. The summed E-state index contributed by atoms with van der Waals surface area (Å²) >= 11 is 3.23. The molecular weight excluding hydrogens is 333 g/mol. The monoisotopic (exact) mass is 351 g/mol. The third kappa shape index (κ3) is 3.35. The molecule has 3 nitrogen and oxygen atoms in total. The molecule has 2 aromatic rings. The summed E-state index contributed by atoms with van der Waals surface area (Å²) in [7, 11) is 0. The summed E-state index contributed by atoms with van der Waals surface area (Å²) in [5.41, 5.74) is 4.57. The lowest BCUT2D eigenvalue weighted by atomic mass is 10.2. The molecule has 1 fully saturated rings. The van der Waals surface area contributed by atoms with Crippen LogP contribution in [-0.2, 0) is 13.1 Å². The van der Waals surface area contributed by atoms with E-state index in [0.29, 0.717) is 17.1 Å². The molecule has 1 saturated carbocycles. The van der Waals surface area contributed by atoms with Crippen molar-refractivity contribution >= 4 is 15.9 Å². The van der Waals surface area contributed by atoms with E-state index >= 15 is 0 Å². The fourth-order valence-electron chi connectivity index (χ4n) is 2.49. The van der Waals surface area contributed by atoms with Crippen molar-refractivity contribution in [1.29, 1.82) is 0 Å². The van der Waals surface area contributed by atoms with Gasteiger partial charge in [-0.15, -0.1) is 0 Å². The molecule has 21 heavy (non-hydrogen) atoms. The molecule has 3 rings (SSSR count). The molecule has 1 N–H and O–H groups in total. The first-order chi connectivity index (χ1) is 10.0. The summed E-state index contributed by atoms with van der Waals surface area (Å²) in [6, 6.07) is 5.80. The van der Waals surface area contributed by atoms with Crippen molar-refractivity contribution in [3.05, 3.63) is 51.0 Å². The topological polar surface area (TPSA) is 29.9 Å². The smallest absolute Gasteiger partial charge is 0.137 e. The van der Waals surface area contributed by atoms with E-state index in [-0.39, 0.29) is 5.82 Å². The standard InChI is InChI=1S/C16H19BrFN3/c1-10-14(8-19-13-4-5-13)11(2)21(20-10)9-12-3-6-16(18)15(17)7-12/h3,6-7,13,19H,4-5,8-9H2,1-2H3. The van der Waals surface area contributed by atoms with Gasteiger partial charge in [0.05, 0.1) is 16.7 Å². The maximum atomic E-state index is 13.3. The highest BCUT2D eigenvalue weighted by Gasteiger charge is 2.21. The number of nitrogens with zero attached hydrogens (tertiary/aromatic N) is 2. The van der Waals surface area contributed by atoms with Gasteiger partial charge in [0.1, 0.15) is 5.82 Å². The summed E-state index contributed by atoms with van der Waals surface area (Å²) in [4.78, 5) is 0. The van der Waals surface area contributed by atoms with Crippen LogP contribution in [-0.4, -0.2) is 15.8 Å². The predicted molar refractivity (Wildman–Crippen MR) is 84.8 cm³/mol. The van der Waals surface area contributed by atoms with Gasteiger partial charge in [-0.1, -0.05) is 6.07 Å². The first-order valence-corrected chi connectivity index (χ1v) is 8.04. The Balaban J connectivity index is 1.78. The van der Waals surface area contributed by atoms with Gasteiger partial charge in [-0.3, -0.25) is 4.68 Å². The Bertz CT molecular complexity index is 662. The molecule has 0 saturated heterocycles. The molecule has 1 aromatic heterocycles. The number of nitrogens with one attached hydrogen (secondary N) is 1. The molecule has 112 valence electrons. The highest BCUT2D eigenvalue weighted by Crippen LogP contribution is 2.22. The zero-order chi connectivity index (χ0) is 15.0. The third-order valence-corrected chi connectivity index (χ3v) is 4.60. The van der Waals surface area contributed by atoms with Crippen molar-refractivity contribution in [3.63, 3.8) is 0 Å². The molecule has 0 spiro atoms. The number of benzene rings is 1. The minimum atomic E-state index is -0.235. The molecule has 0 radical (unpaired) electrons. The van der Waals surface area contributed by atoms with Gasteiger partial charge in [-0.2, -0.15) is 5.10 Å². The van der Waals surface area contributed by atoms with Crippen LogP contribution in [0.2, 0.25) is 0 Å². The molecular formula is C16H19BrFN3. The molecule has 0 amide bonds. The van der Waals surface area contributed by atoms with Gasteiger partial charge in [0.25, 0.3) is 0 Å². The molecule has 1 heterocycles. The predicted octanol–water partition coefficient (Wildman–Crippen LogP) is 3.70. The van der Waals surface area contributed by atoms with E-state index in [1.807, 2.05) is 17.7 Å². The van der Waals surface area contributed by atoms with Crippen LogP contribution in [0.4, 0.5) is 4.39 Å². The van der Waals surface area contributed by atoms with E-state index in [1.165, 1.54) is 30.2 Å². The van der Waals surface area contributed by atoms with Gasteiger partial charge in [0, 0.05) is 23.8 Å². The van der Waals surface area contributed by atoms with Gasteiger partial charge >= 0.3 is 0 Å². The van der Waals surface area contributed by atoms with Crippen LogP contribution in [0.15, 0.2) is 22.7 Å². The lowest BCUT2D eigenvalue weighted by Gasteiger charge is -2.07. The first kappa shape index (κ1) is 14.7. The number of halogens is 2. The van der Waals surface area contributed by atoms with Crippen LogP contribution in [0.1, 0.15) is 35.4 Å². The van der Waals surface area contributed by atoms with Crippen LogP contribution < -0.4 is 5.32 Å². The number of rotatable bonds is 5. The largest absolute Gasteiger partial charge is 0.310 e. The lowest BCUT2D eigenvalue weighted by Crippen LogP contribution is -2.16. The van der Waals surface area contributed by atoms with Crippen LogP contribution in [0, 0.1) is 19.7 Å². The average molecular weight is 352 g/mol. The Morgan fingerprint density at radius 1 is 1.38 bits per heavy atom. The Labute approximate surface area is 132 Å². The van der Waals surface area contributed by atoms with Crippen LogP contribution in [0.5, 0.6) is 0 Å². The van der Waals surface area contributed by atoms with Crippen molar-refractivity contribution in [1.82, 2.24) is 15.1 Å².